The van der Waals surface area contributed by atoms with E-state index in [1.54, 1.807) is 0 Å². The molecule has 0 N–H and O–H groups in total. The van der Waals surface area contributed by atoms with E-state index in [0.29, 0.717) is 5.88 Å². The van der Waals surface area contributed by atoms with Gasteiger partial charge in [0.05, 0.1) is 11.6 Å². The summed E-state index contributed by atoms with van der Waals surface area (Å²) >= 11 is 6.09. The second-order valence-corrected chi connectivity index (χ2v) is 6.16. The monoisotopic (exact) mass is 294 g/mol. The number of alkyl halides is 1. The van der Waals surface area contributed by atoms with Crippen molar-refractivity contribution in [2.45, 2.75) is 57.9 Å². The molecule has 0 bridgehead atoms. The van der Waals surface area contributed by atoms with E-state index in [-0.39, 0.29) is 0 Å². The van der Waals surface area contributed by atoms with Crippen LogP contribution in [0.3, 0.4) is 0 Å². The molecule has 0 saturated heterocycles. The van der Waals surface area contributed by atoms with Crippen molar-refractivity contribution < 1.29 is 0 Å². The van der Waals surface area contributed by atoms with Gasteiger partial charge in [-0.05, 0) is 18.8 Å². The molecule has 4 nitrogen and oxygen atoms in total. The molecule has 5 heteroatoms. The standard InChI is InChI=1S/C15H23ClN4/c1-3-5-12-14-15(19(2)18-12)20(13(10-16)17-14)9-8-11-6-4-7-11/h11H,3-10H2,1-2H3. The normalized spacial score (nSPS) is 15.9. The minimum atomic E-state index is 0.477. The van der Waals surface area contributed by atoms with Crippen molar-refractivity contribution >= 4 is 22.8 Å². The third-order valence-electron chi connectivity index (χ3n) is 4.46. The summed E-state index contributed by atoms with van der Waals surface area (Å²) in [4.78, 5) is 4.74. The first-order valence-electron chi connectivity index (χ1n) is 7.71. The molecule has 0 amide bonds. The maximum absolute atomic E-state index is 6.09. The van der Waals surface area contributed by atoms with Crippen molar-refractivity contribution in [3.05, 3.63) is 11.5 Å². The van der Waals surface area contributed by atoms with E-state index in [1.165, 1.54) is 25.7 Å². The summed E-state index contributed by atoms with van der Waals surface area (Å²) in [7, 11) is 2.01. The molecule has 3 rings (SSSR count). The van der Waals surface area contributed by atoms with E-state index in [2.05, 4.69) is 16.6 Å². The molecule has 2 heterocycles. The van der Waals surface area contributed by atoms with Crippen LogP contribution in [0.4, 0.5) is 0 Å². The number of imidazole rings is 1. The summed E-state index contributed by atoms with van der Waals surface area (Å²) in [5.41, 5.74) is 3.31. The van der Waals surface area contributed by atoms with Gasteiger partial charge in [0.2, 0.25) is 0 Å². The Balaban J connectivity index is 1.94. The van der Waals surface area contributed by atoms with E-state index in [1.807, 2.05) is 11.7 Å². The Labute approximate surface area is 125 Å². The molecule has 2 aromatic heterocycles. The Kier molecular flexibility index (Phi) is 4.01. The fraction of sp³-hybridized carbons (Fsp3) is 0.733. The fourth-order valence-electron chi connectivity index (χ4n) is 3.12. The second kappa shape index (κ2) is 5.76. The minimum Gasteiger partial charge on any atom is -0.312 e. The molecule has 0 aromatic carbocycles. The molecule has 0 radical (unpaired) electrons. The first kappa shape index (κ1) is 13.9. The van der Waals surface area contributed by atoms with Crippen LogP contribution < -0.4 is 0 Å². The highest BCUT2D eigenvalue weighted by molar-refractivity contribution is 6.16. The van der Waals surface area contributed by atoms with Crippen molar-refractivity contribution in [2.75, 3.05) is 0 Å². The van der Waals surface area contributed by atoms with Crippen molar-refractivity contribution in [2.24, 2.45) is 13.0 Å². The van der Waals surface area contributed by atoms with Gasteiger partial charge in [-0.15, -0.1) is 11.6 Å². The highest BCUT2D eigenvalue weighted by Gasteiger charge is 2.21. The number of aryl methyl sites for hydroxylation is 3. The zero-order valence-electron chi connectivity index (χ0n) is 12.4. The highest BCUT2D eigenvalue weighted by Crippen LogP contribution is 2.31. The smallest absolute Gasteiger partial charge is 0.158 e. The quantitative estimate of drug-likeness (QED) is 0.762. The van der Waals surface area contributed by atoms with E-state index < -0.39 is 0 Å². The third kappa shape index (κ3) is 2.34. The summed E-state index contributed by atoms with van der Waals surface area (Å²) in [6.45, 7) is 3.20. The zero-order valence-corrected chi connectivity index (χ0v) is 13.2. The van der Waals surface area contributed by atoms with Crippen LogP contribution in [0.2, 0.25) is 0 Å². The van der Waals surface area contributed by atoms with Gasteiger partial charge in [0.1, 0.15) is 11.3 Å². The van der Waals surface area contributed by atoms with Crippen molar-refractivity contribution in [1.82, 2.24) is 19.3 Å². The van der Waals surface area contributed by atoms with E-state index in [0.717, 1.165) is 48.0 Å². The molecule has 1 aliphatic carbocycles. The van der Waals surface area contributed by atoms with E-state index in [4.69, 9.17) is 16.6 Å². The summed E-state index contributed by atoms with van der Waals surface area (Å²) < 4.78 is 4.26. The SMILES string of the molecule is CCCc1nn(C)c2c1nc(CCl)n2CCC1CCC1. The molecule has 0 unspecified atom stereocenters. The average Bonchev–Trinajstić information content (AvgIpc) is 2.88. The molecule has 0 spiro atoms. The Morgan fingerprint density at radius 2 is 2.15 bits per heavy atom. The molecular weight excluding hydrogens is 272 g/mol. The van der Waals surface area contributed by atoms with Crippen LogP contribution in [0, 0.1) is 5.92 Å². The van der Waals surface area contributed by atoms with Gasteiger partial charge in [0.15, 0.2) is 5.65 Å². The van der Waals surface area contributed by atoms with Crippen molar-refractivity contribution in [1.29, 1.82) is 0 Å². The molecular formula is C15H23ClN4. The van der Waals surface area contributed by atoms with Crippen LogP contribution in [0.1, 0.15) is 50.5 Å². The lowest BCUT2D eigenvalue weighted by Crippen LogP contribution is -2.15. The predicted molar refractivity (Wildman–Crippen MR) is 82.0 cm³/mol. The van der Waals surface area contributed by atoms with Crippen LogP contribution in [0.15, 0.2) is 0 Å². The van der Waals surface area contributed by atoms with Crippen LogP contribution in [0.5, 0.6) is 0 Å². The Bertz CT molecular complexity index is 595. The maximum Gasteiger partial charge on any atom is 0.158 e. The van der Waals surface area contributed by atoms with Crippen LogP contribution in [-0.2, 0) is 25.9 Å². The summed E-state index contributed by atoms with van der Waals surface area (Å²) in [5, 5.41) is 4.63. The lowest BCUT2D eigenvalue weighted by Gasteiger charge is -2.25. The first-order valence-corrected chi connectivity index (χ1v) is 8.25. The van der Waals surface area contributed by atoms with Gasteiger partial charge in [-0.2, -0.15) is 5.10 Å². The zero-order chi connectivity index (χ0) is 14.1. The van der Waals surface area contributed by atoms with Crippen molar-refractivity contribution in [3.63, 3.8) is 0 Å². The minimum absolute atomic E-state index is 0.477. The average molecular weight is 295 g/mol. The van der Waals surface area contributed by atoms with Crippen LogP contribution >= 0.6 is 11.6 Å². The van der Waals surface area contributed by atoms with Gasteiger partial charge in [0, 0.05) is 13.6 Å². The van der Waals surface area contributed by atoms with Gasteiger partial charge in [-0.1, -0.05) is 32.6 Å². The Morgan fingerprint density at radius 1 is 1.35 bits per heavy atom. The number of hydrogen-bond acceptors (Lipinski definition) is 2. The molecule has 20 heavy (non-hydrogen) atoms. The largest absolute Gasteiger partial charge is 0.312 e. The fourth-order valence-corrected chi connectivity index (χ4v) is 3.33. The first-order chi connectivity index (χ1) is 9.74. The van der Waals surface area contributed by atoms with Crippen LogP contribution in [0.25, 0.3) is 11.2 Å². The van der Waals surface area contributed by atoms with Gasteiger partial charge in [-0.3, -0.25) is 4.68 Å². The Hall–Kier alpha value is -1.03. The lowest BCUT2D eigenvalue weighted by molar-refractivity contribution is 0.282. The summed E-state index contributed by atoms with van der Waals surface area (Å²) in [6, 6.07) is 0. The molecule has 1 fully saturated rings. The lowest BCUT2D eigenvalue weighted by atomic mass is 9.83. The van der Waals surface area contributed by atoms with Crippen LogP contribution in [-0.4, -0.2) is 19.3 Å². The van der Waals surface area contributed by atoms with Gasteiger partial charge in [0.25, 0.3) is 0 Å². The topological polar surface area (TPSA) is 35.6 Å². The predicted octanol–water partition coefficient (Wildman–Crippen LogP) is 3.65. The Morgan fingerprint density at radius 3 is 2.75 bits per heavy atom. The highest BCUT2D eigenvalue weighted by atomic mass is 35.5. The summed E-state index contributed by atoms with van der Waals surface area (Å²) in [6.07, 6.45) is 7.50. The number of hydrogen-bond donors (Lipinski definition) is 0. The molecule has 110 valence electrons. The van der Waals surface area contributed by atoms with Gasteiger partial charge in [-0.25, -0.2) is 4.98 Å². The molecule has 2 aromatic rings. The van der Waals surface area contributed by atoms with Crippen molar-refractivity contribution in [3.8, 4) is 0 Å². The molecule has 1 aliphatic rings. The molecule has 1 saturated carbocycles. The number of nitrogens with zero attached hydrogens (tertiary/aromatic N) is 4. The maximum atomic E-state index is 6.09. The molecule has 0 atom stereocenters. The number of fused-ring (bicyclic) bond motifs is 1. The number of aromatic nitrogens is 4. The van der Waals surface area contributed by atoms with Gasteiger partial charge < -0.3 is 4.57 Å². The van der Waals surface area contributed by atoms with E-state index >= 15 is 0 Å². The van der Waals surface area contributed by atoms with Gasteiger partial charge >= 0.3 is 0 Å². The number of halogens is 1. The molecule has 0 aliphatic heterocycles. The second-order valence-electron chi connectivity index (χ2n) is 5.89. The third-order valence-corrected chi connectivity index (χ3v) is 4.70. The number of rotatable bonds is 6. The van der Waals surface area contributed by atoms with E-state index in [9.17, 15) is 0 Å². The summed E-state index contributed by atoms with van der Waals surface area (Å²) in [5.74, 6) is 2.37.